The van der Waals surface area contributed by atoms with E-state index in [-0.39, 0.29) is 36.4 Å². The number of nitrogens with zero attached hydrogens (tertiary/aromatic N) is 10. The van der Waals surface area contributed by atoms with Gasteiger partial charge in [0, 0.05) is 72.7 Å². The Kier molecular flexibility index (Phi) is 19.5. The number of aromatic hydroxyl groups is 3. The average Bonchev–Trinajstić information content (AvgIpc) is 0.757. The minimum absolute atomic E-state index is 0.0948. The van der Waals surface area contributed by atoms with Crippen LogP contribution in [0.25, 0.3) is 53.9 Å². The van der Waals surface area contributed by atoms with Gasteiger partial charge in [0.15, 0.2) is 17.2 Å². The molecule has 0 aliphatic rings. The molecule has 0 bridgehead atoms. The molecule has 10 aromatic carbocycles. The third kappa shape index (κ3) is 15.2. The lowest BCUT2D eigenvalue weighted by atomic mass is 10.0. The molecule has 0 radical (unpaired) electrons. The summed E-state index contributed by atoms with van der Waals surface area (Å²) in [6.45, 7) is 0. The van der Waals surface area contributed by atoms with Crippen molar-refractivity contribution in [1.82, 2.24) is 0 Å². The molecule has 0 unspecified atom stereocenters. The number of hydrogen-bond acceptors (Lipinski definition) is 36. The van der Waals surface area contributed by atoms with Crippen LogP contribution < -0.4 is 5.73 Å². The highest BCUT2D eigenvalue weighted by Crippen LogP contribution is 2.52. The fourth-order valence-electron chi connectivity index (χ4n) is 10.5. The molecule has 0 fully saturated rings. The molecule has 10 aromatic rings. The number of non-ortho nitro benzene ring substituents is 2. The Balaban J connectivity index is 1.12. The molecule has 0 aliphatic heterocycles. The molecule has 58 heteroatoms. The standard InChI is InChI=1S/C50H31N11O37S10/c51-42-32(56-54-30-3-1-21-27(49(30)107(93,94)95)13-38(104(84,85)86)43(46(21)62)57-52-17-5-23-25(33(7-17)99(69,70)71)9-19(60(65)66)11-35(23)101(75,76)77)16-37(103(81,82)83)29-15-40(106(90,91)92)45(48(64)41(29)42)59-55-31-4-2-22-28(50(31)108(96,97)98)14-39(105(87,88)89)44(47(22)63)58-53-18-6-24-26(34(8-18)100(72,73)74)10-20(61(67)68)12-36(24)102(78,79)80/h1-16,62-64H,51H2,(H,69,70,71)(H,72,73,74)(H,75,76,77)(H,78,79,80)(H,81,82,83)(H,84,85,86)(H,87,88,89)(H,90,91,92)(H,93,94,95)(H,96,97,98). The molecular formula is C50H31N11O37S10. The van der Waals surface area contributed by atoms with Gasteiger partial charge in [-0.25, -0.2) is 0 Å². The van der Waals surface area contributed by atoms with Crippen LogP contribution in [0.5, 0.6) is 17.2 Å². The zero-order valence-corrected chi connectivity index (χ0v) is 59.1. The van der Waals surface area contributed by atoms with Crippen LogP contribution in [0, 0.1) is 20.2 Å². The van der Waals surface area contributed by atoms with Crippen molar-refractivity contribution in [3.8, 4) is 17.2 Å². The zero-order valence-electron chi connectivity index (χ0n) is 51.0. The Bertz CT molecular complexity index is 7270. The van der Waals surface area contributed by atoms with E-state index in [1.54, 1.807) is 0 Å². The van der Waals surface area contributed by atoms with Crippen LogP contribution in [-0.4, -0.2) is 155 Å². The molecule has 0 aromatic heterocycles. The Morgan fingerprint density at radius 2 is 0.556 bits per heavy atom. The van der Waals surface area contributed by atoms with E-state index < -0.39 is 294 Å². The van der Waals surface area contributed by atoms with Crippen LogP contribution in [0.4, 0.5) is 62.6 Å². The summed E-state index contributed by atoms with van der Waals surface area (Å²) in [5.74, 6) is -4.88. The Morgan fingerprint density at radius 1 is 0.278 bits per heavy atom. The number of nitrogens with two attached hydrogens (primary N) is 1. The molecule has 15 N–H and O–H groups in total. The second-order valence-electron chi connectivity index (χ2n) is 21.5. The van der Waals surface area contributed by atoms with Crippen LogP contribution in [-0.2, 0) is 101 Å². The van der Waals surface area contributed by atoms with Crippen molar-refractivity contribution in [2.45, 2.75) is 49.0 Å². The zero-order chi connectivity index (χ0) is 80.8. The average molecular weight is 1700 g/mol. The van der Waals surface area contributed by atoms with E-state index in [9.17, 15) is 165 Å². The van der Waals surface area contributed by atoms with Gasteiger partial charge >= 0.3 is 0 Å². The molecule has 48 nitrogen and oxygen atoms in total. The SMILES string of the molecule is Nc1c(N=Nc2ccc3c(O)c(N=Nc4cc(S(=O)(=O)O)c5cc([N+](=O)[O-])cc(S(=O)(=O)O)c5c4)c(S(=O)(=O)O)cc3c2S(=O)(=O)O)cc(S(=O)(=O)O)c2cc(S(=O)(=O)O)c(N=Nc3ccc4c(O)c(N=Nc5cc(S(=O)(=O)O)c6cc([N+](=O)[O-])cc(S(=O)(=O)O)c6c5)c(S(=O)(=O)O)cc4c3S(=O)(=O)O)c(O)c12. The first kappa shape index (κ1) is 79.6. The predicted molar refractivity (Wildman–Crippen MR) is 357 cm³/mol. The smallest absolute Gasteiger partial charge is 0.297 e. The monoisotopic (exact) mass is 1700 g/mol. The van der Waals surface area contributed by atoms with Gasteiger partial charge in [0.2, 0.25) is 0 Å². The first-order valence-corrected chi connectivity index (χ1v) is 41.3. The summed E-state index contributed by atoms with van der Waals surface area (Å²) in [4.78, 5) is 5.23. The second-order valence-corrected chi connectivity index (χ2v) is 35.3. The van der Waals surface area contributed by atoms with Crippen molar-refractivity contribution in [3.05, 3.63) is 117 Å². The van der Waals surface area contributed by atoms with Gasteiger partial charge in [0.25, 0.3) is 113 Å². The lowest BCUT2D eigenvalue weighted by molar-refractivity contribution is -0.385. The van der Waals surface area contributed by atoms with Gasteiger partial charge in [0.1, 0.15) is 83.1 Å². The van der Waals surface area contributed by atoms with Gasteiger partial charge in [-0.15, -0.1) is 30.7 Å². The molecule has 0 spiro atoms. The topological polar surface area (TPSA) is 816 Å². The van der Waals surface area contributed by atoms with Crippen LogP contribution in [0.15, 0.2) is 187 Å². The second kappa shape index (κ2) is 26.4. The number of azo groups is 4. The summed E-state index contributed by atoms with van der Waals surface area (Å²) in [6, 6.07) is 5.77. The van der Waals surface area contributed by atoms with Gasteiger partial charge < -0.3 is 21.1 Å². The molecule has 0 amide bonds. The molecule has 0 aliphatic carbocycles. The molecular weight excluding hydrogens is 1670 g/mol. The number of rotatable bonds is 20. The van der Waals surface area contributed by atoms with Crippen molar-refractivity contribution in [1.29, 1.82) is 0 Å². The van der Waals surface area contributed by atoms with Crippen LogP contribution in [0.2, 0.25) is 0 Å². The number of hydrogen-bond donors (Lipinski definition) is 14. The summed E-state index contributed by atoms with van der Waals surface area (Å²) < 4.78 is 360. The van der Waals surface area contributed by atoms with E-state index in [1.807, 2.05) is 0 Å². The molecule has 0 heterocycles. The number of nitrogen functional groups attached to an aromatic ring is 1. The maximum Gasteiger partial charge on any atom is 0.297 e. The number of nitro benzene ring substituents is 2. The van der Waals surface area contributed by atoms with Gasteiger partial charge in [-0.2, -0.15) is 94.4 Å². The Labute approximate surface area is 598 Å². The summed E-state index contributed by atoms with van der Waals surface area (Å²) in [7, 11) is -57.9. The van der Waals surface area contributed by atoms with Gasteiger partial charge in [-0.1, -0.05) is 0 Å². The molecule has 10 rings (SSSR count). The minimum Gasteiger partial charge on any atom is -0.505 e. The molecule has 568 valence electrons. The van der Waals surface area contributed by atoms with Gasteiger partial charge in [-0.05, 0) is 72.8 Å². The van der Waals surface area contributed by atoms with E-state index in [4.69, 9.17) is 5.73 Å². The fraction of sp³-hybridized carbons (Fsp3) is 0. The first-order chi connectivity index (χ1) is 49.2. The lowest BCUT2D eigenvalue weighted by Gasteiger charge is -2.15. The van der Waals surface area contributed by atoms with Crippen molar-refractivity contribution in [3.63, 3.8) is 0 Å². The van der Waals surface area contributed by atoms with Crippen LogP contribution >= 0.6 is 0 Å². The highest BCUT2D eigenvalue weighted by Gasteiger charge is 2.35. The normalized spacial score (nSPS) is 13.6. The largest absolute Gasteiger partial charge is 0.505 e. The van der Waals surface area contributed by atoms with Crippen LogP contribution in [0.1, 0.15) is 0 Å². The van der Waals surface area contributed by atoms with Crippen LogP contribution in [0.3, 0.4) is 0 Å². The van der Waals surface area contributed by atoms with Gasteiger partial charge in [0.05, 0.1) is 32.3 Å². The maximum absolute atomic E-state index is 13.3. The highest BCUT2D eigenvalue weighted by molar-refractivity contribution is 7.88. The summed E-state index contributed by atoms with van der Waals surface area (Å²) >= 11 is 0. The molecule has 0 saturated heterocycles. The van der Waals surface area contributed by atoms with E-state index in [1.165, 1.54) is 0 Å². The fourth-order valence-corrected chi connectivity index (χ4v) is 17.6. The molecule has 108 heavy (non-hydrogen) atoms. The number of nitro groups is 2. The number of phenolic OH excluding ortho intramolecular Hbond substituents is 3. The summed E-state index contributed by atoms with van der Waals surface area (Å²) in [6.07, 6.45) is 0. The maximum atomic E-state index is 13.3. The van der Waals surface area contributed by atoms with Crippen molar-refractivity contribution >= 4 is 218 Å². The number of phenols is 3. The highest BCUT2D eigenvalue weighted by atomic mass is 32.3. The van der Waals surface area contributed by atoms with Crippen molar-refractivity contribution in [2.75, 3.05) is 5.73 Å². The van der Waals surface area contributed by atoms with E-state index >= 15 is 0 Å². The lowest BCUT2D eigenvalue weighted by Crippen LogP contribution is -2.05. The summed E-state index contributed by atoms with van der Waals surface area (Å²) in [5.41, 5.74) is -7.34. The summed E-state index contributed by atoms with van der Waals surface area (Å²) in [5, 5.41) is 75.4. The number of fused-ring (bicyclic) bond motifs is 5. The van der Waals surface area contributed by atoms with E-state index in [0.29, 0.717) is 60.7 Å². The third-order valence-corrected chi connectivity index (χ3v) is 23.7. The minimum atomic E-state index is -6.01. The Morgan fingerprint density at radius 3 is 0.880 bits per heavy atom. The predicted octanol–water partition coefficient (Wildman–Crippen LogP) is 8.10. The molecule has 0 atom stereocenters. The molecule has 0 saturated carbocycles. The number of benzene rings is 10. The van der Waals surface area contributed by atoms with E-state index in [2.05, 4.69) is 40.9 Å². The van der Waals surface area contributed by atoms with Crippen molar-refractivity contribution < 1.29 is 155 Å². The quantitative estimate of drug-likeness (QED) is 0.0113. The third-order valence-electron chi connectivity index (χ3n) is 14.8. The van der Waals surface area contributed by atoms with Gasteiger partial charge in [-0.3, -0.25) is 65.8 Å². The Hall–Kier alpha value is -11.0. The first-order valence-electron chi connectivity index (χ1n) is 26.9. The number of anilines is 1. The van der Waals surface area contributed by atoms with E-state index in [0.717, 1.165) is 0 Å². The van der Waals surface area contributed by atoms with Crippen molar-refractivity contribution in [2.24, 2.45) is 40.9 Å².